The van der Waals surface area contributed by atoms with Gasteiger partial charge in [-0.25, -0.2) is 4.79 Å². The average Bonchev–Trinajstić information content (AvgIpc) is 0.782. The monoisotopic (exact) mass is 1880 g/mol. The van der Waals surface area contributed by atoms with Gasteiger partial charge < -0.3 is 114 Å². The molecule has 0 aromatic heterocycles. The molecule has 10 atom stereocenters. The van der Waals surface area contributed by atoms with Gasteiger partial charge in [-0.15, -0.1) is 0 Å². The Hall–Kier alpha value is -4.16. The lowest BCUT2D eigenvalue weighted by molar-refractivity contribution is -0.154. The van der Waals surface area contributed by atoms with E-state index in [1.807, 2.05) is 153 Å². The van der Waals surface area contributed by atoms with E-state index in [1.54, 1.807) is 20.4 Å². The zero-order valence-corrected chi connectivity index (χ0v) is 77.3. The molecule has 0 heterocycles. The average molecular weight is 1880 g/mol. The molecule has 0 radical (unpaired) electrons. The van der Waals surface area contributed by atoms with E-state index < -0.39 is 172 Å². The molecular formula is C87H182O30Si6. The van der Waals surface area contributed by atoms with Crippen molar-refractivity contribution < 1.29 is 142 Å². The van der Waals surface area contributed by atoms with Crippen molar-refractivity contribution in [1.29, 1.82) is 0 Å². The summed E-state index contributed by atoms with van der Waals surface area (Å²) in [5.74, 6) is -4.34. The third-order valence-electron chi connectivity index (χ3n) is 18.1. The highest BCUT2D eigenvalue weighted by Crippen LogP contribution is 2.44. The summed E-state index contributed by atoms with van der Waals surface area (Å²) in [5, 5.41) is 80.7. The van der Waals surface area contributed by atoms with E-state index in [2.05, 4.69) is 0 Å². The minimum Gasteiger partial charge on any atom is -0.481 e. The fourth-order valence-corrected chi connectivity index (χ4v) is 37.2. The summed E-state index contributed by atoms with van der Waals surface area (Å²) in [6.45, 7) is 41.7. The quantitative estimate of drug-likeness (QED) is 0.0100. The van der Waals surface area contributed by atoms with E-state index in [4.69, 9.17) is 82.9 Å². The van der Waals surface area contributed by atoms with Crippen LogP contribution in [-0.2, 0) is 126 Å². The second-order valence-corrected chi connectivity index (χ2v) is 57.4. The van der Waals surface area contributed by atoms with E-state index in [-0.39, 0.29) is 178 Å². The van der Waals surface area contributed by atoms with Crippen LogP contribution in [0.5, 0.6) is 11.5 Å². The normalized spacial score (nSPS) is 15.0. The molecule has 0 amide bonds. The molecule has 0 aliphatic rings. The number of carboxylic acid groups (broad SMARTS) is 2. The molecule has 123 heavy (non-hydrogen) atoms. The van der Waals surface area contributed by atoms with Crippen LogP contribution in [-0.4, -0.2) is 232 Å². The Balaban J connectivity index is -0.00000145. The predicted octanol–water partition coefficient (Wildman–Crippen LogP) is 18.0. The lowest BCUT2D eigenvalue weighted by Crippen LogP contribution is -2.57. The molecule has 8 N–H and O–H groups in total. The van der Waals surface area contributed by atoms with Crippen molar-refractivity contribution in [1.82, 2.24) is 0 Å². The molecule has 10 unspecified atom stereocenters. The molecular weight excluding hydrogens is 1690 g/mol. The van der Waals surface area contributed by atoms with Gasteiger partial charge in [-0.3, -0.25) is 24.0 Å². The van der Waals surface area contributed by atoms with E-state index in [9.17, 15) is 59.4 Å². The number of ether oxygens (including phenoxy) is 10. The third kappa shape index (κ3) is 55.5. The Morgan fingerprint density at radius 2 is 0.618 bits per heavy atom. The topological polar surface area (TPSA) is 412 Å². The van der Waals surface area contributed by atoms with Gasteiger partial charge in [-0.2, -0.15) is 0 Å². The standard InChI is InChI=1S/C76H138O30Si6.11CH4/c1-25-61(81)95-34-40-107(17,18)103-111(23,43-37-98-66(86)49-59(77)78)105-109(21,91-15)39-31-65(85)100-52-70(90)102-72-57(75(9,10)11)47-54(48-58(72)76(12,13)14)28-30-64(84)94-33-32-93-63(83)29-27-53-45-55(73(3,4)5)71(56(46-53)74(6,7)8)101-69(89)51-68(88)97-35-41-108(19,20)104-112(24,44-38-99-67(87)50-60(79)80)106-110(22,92-16)42-36-96-62(82)26-2;;;;;;;;;;;/h45-48,61-62,65-68,81-82,85-88H,25-44,49-52H2,1-24H3,(H,77,78)(H,79,80);11*1H4. The molecule has 0 saturated heterocycles. The van der Waals surface area contributed by atoms with Crippen molar-refractivity contribution >= 4 is 86.7 Å². The number of hydrogen-bond donors (Lipinski definition) is 8. The van der Waals surface area contributed by atoms with Gasteiger partial charge in [-0.1, -0.05) is 203 Å². The Morgan fingerprint density at radius 1 is 0.341 bits per heavy atom. The number of aliphatic hydroxyl groups excluding tert-OH is 6. The molecule has 0 saturated carbocycles. The number of esters is 4. The zero-order chi connectivity index (χ0) is 85.7. The van der Waals surface area contributed by atoms with Crippen LogP contribution in [0.4, 0.5) is 0 Å². The third-order valence-corrected chi connectivity index (χ3v) is 42.0. The minimum absolute atomic E-state index is 0. The maximum Gasteiger partial charge on any atom is 0.337 e. The molecule has 0 aliphatic carbocycles. The molecule has 0 spiro atoms. The second-order valence-electron chi connectivity index (χ2n) is 34.2. The predicted molar refractivity (Wildman–Crippen MR) is 506 cm³/mol. The fourth-order valence-electron chi connectivity index (χ4n) is 11.7. The zero-order valence-electron chi connectivity index (χ0n) is 71.3. The molecule has 36 heteroatoms. The SMILES string of the molecule is C.C.C.C.C.C.C.C.C.C.C.CCC(O)OCC[Si](C)(C)O[Si](C)(CCOC(O)CC(=O)O)O[Si](C)(CCC(O)OCC(=O)Oc1c(C(C)(C)C)cc(CCC(=O)OCCOC(=O)CCc2cc(C(C)(C)C)c(OC(=O)CC(O)OCC[Si](C)(C)O[Si](C)(CCOC(O)CC(=O)O)O[Si](C)(CCOC(O)CC)OC)c(C(C)(C)C)c2)cc1C(C)(C)C)OC. The van der Waals surface area contributed by atoms with Crippen molar-refractivity contribution in [2.45, 2.75) is 391 Å². The number of aliphatic hydroxyl groups is 6. The first-order valence-corrected chi connectivity index (χ1v) is 55.0. The van der Waals surface area contributed by atoms with Crippen LogP contribution < -0.4 is 9.47 Å². The van der Waals surface area contributed by atoms with Crippen LogP contribution in [0, 0.1) is 0 Å². The molecule has 2 aromatic carbocycles. The van der Waals surface area contributed by atoms with Crippen molar-refractivity contribution in [3.05, 3.63) is 57.6 Å². The summed E-state index contributed by atoms with van der Waals surface area (Å²) in [6.07, 6.45) is -8.32. The van der Waals surface area contributed by atoms with Crippen LogP contribution in [0.1, 0.15) is 263 Å². The van der Waals surface area contributed by atoms with E-state index in [0.717, 1.165) is 11.1 Å². The van der Waals surface area contributed by atoms with Crippen molar-refractivity contribution in [2.24, 2.45) is 0 Å². The van der Waals surface area contributed by atoms with Crippen molar-refractivity contribution in [3.8, 4) is 11.5 Å². The Kier molecular flexibility index (Phi) is 71.3. The molecule has 0 bridgehead atoms. The van der Waals surface area contributed by atoms with Crippen LogP contribution in [0.2, 0.25) is 88.6 Å². The number of carbonyl (C=O) groups is 6. The largest absolute Gasteiger partial charge is 0.481 e. The van der Waals surface area contributed by atoms with Gasteiger partial charge in [0.15, 0.2) is 54.4 Å². The molecule has 2 aromatic rings. The Morgan fingerprint density at radius 3 is 0.911 bits per heavy atom. The van der Waals surface area contributed by atoms with Gasteiger partial charge in [0.1, 0.15) is 31.3 Å². The number of aryl methyl sites for hydroxylation is 2. The number of carboxylic acids is 2. The summed E-state index contributed by atoms with van der Waals surface area (Å²) in [6, 6.07) is 9.40. The van der Waals surface area contributed by atoms with Gasteiger partial charge in [0.25, 0.3) is 0 Å². The number of rotatable bonds is 55. The number of carbonyl (C=O) groups excluding carboxylic acids is 4. The van der Waals surface area contributed by atoms with Gasteiger partial charge >= 0.3 is 70.1 Å². The van der Waals surface area contributed by atoms with Gasteiger partial charge in [0.2, 0.25) is 0 Å². The first-order valence-electron chi connectivity index (χ1n) is 38.7. The lowest BCUT2D eigenvalue weighted by atomic mass is 9.78. The maximum atomic E-state index is 13.8. The number of aliphatic carboxylic acids is 2. The highest BCUT2D eigenvalue weighted by Gasteiger charge is 2.48. The fraction of sp³-hybridized carbons (Fsp3) is 0.793. The van der Waals surface area contributed by atoms with Crippen LogP contribution in [0.3, 0.4) is 0 Å². The van der Waals surface area contributed by atoms with Crippen LogP contribution in [0.15, 0.2) is 24.3 Å². The minimum atomic E-state index is -3.26. The second kappa shape index (κ2) is 63.0. The van der Waals surface area contributed by atoms with E-state index >= 15 is 0 Å². The van der Waals surface area contributed by atoms with Crippen LogP contribution >= 0.6 is 0 Å². The van der Waals surface area contributed by atoms with Crippen LogP contribution in [0.25, 0.3) is 0 Å². The molecule has 0 fully saturated rings. The van der Waals surface area contributed by atoms with Gasteiger partial charge in [0, 0.05) is 87.1 Å². The first-order chi connectivity index (χ1) is 51.4. The summed E-state index contributed by atoms with van der Waals surface area (Å²) in [5.41, 5.74) is 2.10. The van der Waals surface area contributed by atoms with Crippen molar-refractivity contribution in [2.75, 3.05) is 67.1 Å². The van der Waals surface area contributed by atoms with E-state index in [0.29, 0.717) is 64.7 Å². The summed E-state index contributed by atoms with van der Waals surface area (Å²) in [4.78, 5) is 76.4. The Bertz CT molecular complexity index is 3180. The molecule has 2 rings (SSSR count). The Labute approximate surface area is 752 Å². The number of hydrogen-bond acceptors (Lipinski definition) is 28. The summed E-state index contributed by atoms with van der Waals surface area (Å²) in [7, 11) is -15.0. The maximum absolute atomic E-state index is 13.8. The lowest BCUT2D eigenvalue weighted by Gasteiger charge is -2.41. The first kappa shape index (κ1) is 139. The van der Waals surface area contributed by atoms with Gasteiger partial charge in [-0.05, 0) is 129 Å². The molecule has 30 nitrogen and oxygen atoms in total. The number of benzene rings is 2. The van der Waals surface area contributed by atoms with E-state index in [1.165, 1.54) is 14.2 Å². The summed E-state index contributed by atoms with van der Waals surface area (Å²) >= 11 is 0. The highest BCUT2D eigenvalue weighted by molar-refractivity contribution is 6.88. The van der Waals surface area contributed by atoms with Crippen molar-refractivity contribution in [3.63, 3.8) is 0 Å². The smallest absolute Gasteiger partial charge is 0.337 e. The van der Waals surface area contributed by atoms with Gasteiger partial charge in [0.05, 0.1) is 39.1 Å². The summed E-state index contributed by atoms with van der Waals surface area (Å²) < 4.78 is 95.8. The molecule has 0 aliphatic heterocycles. The molecule has 734 valence electrons. The highest BCUT2D eigenvalue weighted by atomic mass is 28.5.